The quantitative estimate of drug-likeness (QED) is 0.663. The molecule has 0 amide bonds. The van der Waals surface area contributed by atoms with Gasteiger partial charge in [0.1, 0.15) is 5.82 Å². The Morgan fingerprint density at radius 3 is 3.00 bits per heavy atom. The van der Waals surface area contributed by atoms with Gasteiger partial charge >= 0.3 is 0 Å². The molecular weight excluding hydrogens is 153 g/mol. The van der Waals surface area contributed by atoms with Gasteiger partial charge in [0.15, 0.2) is 0 Å². The number of hydrogen-bond donors (Lipinski definition) is 1. The third-order valence-corrected chi connectivity index (χ3v) is 2.01. The Hall–Kier alpha value is -1.31. The zero-order chi connectivity index (χ0) is 8.55. The van der Waals surface area contributed by atoms with Crippen molar-refractivity contribution >= 4 is 10.9 Å². The zero-order valence-electron chi connectivity index (χ0n) is 6.76. The fourth-order valence-electron chi connectivity index (χ4n) is 1.38. The SMILES string of the molecule is C[CH]c1c[nH]c2c(F)cccc12. The van der Waals surface area contributed by atoms with E-state index in [0.717, 1.165) is 10.9 Å². The maximum Gasteiger partial charge on any atom is 0.147 e. The molecule has 0 saturated heterocycles. The van der Waals surface area contributed by atoms with Crippen molar-refractivity contribution in [1.29, 1.82) is 0 Å². The first kappa shape index (κ1) is 7.35. The Morgan fingerprint density at radius 2 is 2.25 bits per heavy atom. The van der Waals surface area contributed by atoms with E-state index in [0.29, 0.717) is 5.52 Å². The molecule has 1 N–H and O–H groups in total. The van der Waals surface area contributed by atoms with Crippen LogP contribution in [0.15, 0.2) is 24.4 Å². The number of hydrogen-bond acceptors (Lipinski definition) is 0. The zero-order valence-corrected chi connectivity index (χ0v) is 6.76. The van der Waals surface area contributed by atoms with Crippen LogP contribution in [0, 0.1) is 12.2 Å². The lowest BCUT2D eigenvalue weighted by Gasteiger charge is -1.93. The van der Waals surface area contributed by atoms with E-state index in [-0.39, 0.29) is 5.82 Å². The summed E-state index contributed by atoms with van der Waals surface area (Å²) in [6, 6.07) is 5.08. The Balaban J connectivity index is 2.80. The van der Waals surface area contributed by atoms with Gasteiger partial charge in [0.05, 0.1) is 5.52 Å². The summed E-state index contributed by atoms with van der Waals surface area (Å²) < 4.78 is 13.1. The molecule has 2 heteroatoms. The molecule has 0 spiro atoms. The van der Waals surface area contributed by atoms with Crippen molar-refractivity contribution in [1.82, 2.24) is 4.98 Å². The van der Waals surface area contributed by atoms with Gasteiger partial charge in [0, 0.05) is 11.6 Å². The topological polar surface area (TPSA) is 15.8 Å². The summed E-state index contributed by atoms with van der Waals surface area (Å²) in [6.45, 7) is 1.94. The highest BCUT2D eigenvalue weighted by atomic mass is 19.1. The summed E-state index contributed by atoms with van der Waals surface area (Å²) in [5, 5.41) is 0.942. The monoisotopic (exact) mass is 162 g/mol. The second-order valence-electron chi connectivity index (χ2n) is 2.70. The van der Waals surface area contributed by atoms with Crippen molar-refractivity contribution < 1.29 is 4.39 Å². The molecule has 0 aliphatic rings. The van der Waals surface area contributed by atoms with Gasteiger partial charge in [0.2, 0.25) is 0 Å². The van der Waals surface area contributed by atoms with Crippen molar-refractivity contribution in [3.63, 3.8) is 0 Å². The van der Waals surface area contributed by atoms with Gasteiger partial charge in [-0.1, -0.05) is 19.1 Å². The Bertz CT molecular complexity index is 403. The molecule has 0 aliphatic heterocycles. The van der Waals surface area contributed by atoms with Crippen molar-refractivity contribution in [3.05, 3.63) is 42.2 Å². The fourth-order valence-corrected chi connectivity index (χ4v) is 1.38. The molecule has 0 bridgehead atoms. The number of para-hydroxylation sites is 1. The van der Waals surface area contributed by atoms with Crippen LogP contribution in [0.2, 0.25) is 0 Å². The van der Waals surface area contributed by atoms with Crippen LogP contribution >= 0.6 is 0 Å². The van der Waals surface area contributed by atoms with Gasteiger partial charge < -0.3 is 4.98 Å². The highest BCUT2D eigenvalue weighted by Gasteiger charge is 2.04. The molecule has 1 heterocycles. The number of aromatic amines is 1. The van der Waals surface area contributed by atoms with E-state index < -0.39 is 0 Å². The summed E-state index contributed by atoms with van der Waals surface area (Å²) >= 11 is 0. The molecule has 12 heavy (non-hydrogen) atoms. The minimum atomic E-state index is -0.194. The van der Waals surface area contributed by atoms with Crippen LogP contribution in [0.4, 0.5) is 4.39 Å². The molecule has 2 aromatic rings. The molecule has 61 valence electrons. The second-order valence-corrected chi connectivity index (χ2v) is 2.70. The molecular formula is C10H9FN. The molecule has 1 aromatic carbocycles. The first-order chi connectivity index (χ1) is 5.83. The summed E-state index contributed by atoms with van der Waals surface area (Å²) in [5.74, 6) is -0.194. The van der Waals surface area contributed by atoms with Crippen LogP contribution < -0.4 is 0 Å². The number of H-pyrrole nitrogens is 1. The number of benzene rings is 1. The molecule has 0 aliphatic carbocycles. The first-order valence-corrected chi connectivity index (χ1v) is 3.88. The summed E-state index contributed by atoms with van der Waals surface area (Å²) in [7, 11) is 0. The van der Waals surface area contributed by atoms with Gasteiger partial charge in [0.25, 0.3) is 0 Å². The van der Waals surface area contributed by atoms with Crippen molar-refractivity contribution in [2.75, 3.05) is 0 Å². The van der Waals surface area contributed by atoms with Crippen molar-refractivity contribution in [2.24, 2.45) is 0 Å². The Labute approximate surface area is 70.2 Å². The van der Waals surface area contributed by atoms with Crippen molar-refractivity contribution in [3.8, 4) is 0 Å². The highest BCUT2D eigenvalue weighted by Crippen LogP contribution is 2.21. The van der Waals surface area contributed by atoms with Gasteiger partial charge in [-0.3, -0.25) is 0 Å². The van der Waals surface area contributed by atoms with Crippen LogP contribution in [0.3, 0.4) is 0 Å². The maximum atomic E-state index is 13.1. The van der Waals surface area contributed by atoms with Gasteiger partial charge in [-0.05, 0) is 18.1 Å². The smallest absolute Gasteiger partial charge is 0.147 e. The molecule has 0 fully saturated rings. The fraction of sp³-hybridized carbons (Fsp3) is 0.100. The summed E-state index contributed by atoms with van der Waals surface area (Å²) in [5.41, 5.74) is 1.63. The second kappa shape index (κ2) is 2.63. The molecule has 0 saturated carbocycles. The van der Waals surface area contributed by atoms with Gasteiger partial charge in [-0.15, -0.1) is 0 Å². The number of halogens is 1. The molecule has 0 atom stereocenters. The van der Waals surface area contributed by atoms with Crippen LogP contribution in [-0.2, 0) is 0 Å². The summed E-state index contributed by atoms with van der Waals surface area (Å²) in [4.78, 5) is 2.90. The average molecular weight is 162 g/mol. The minimum absolute atomic E-state index is 0.194. The predicted molar refractivity (Wildman–Crippen MR) is 47.3 cm³/mol. The average Bonchev–Trinajstić information content (AvgIpc) is 2.49. The predicted octanol–water partition coefficient (Wildman–Crippen LogP) is 2.88. The normalized spacial score (nSPS) is 10.8. The highest BCUT2D eigenvalue weighted by molar-refractivity contribution is 5.84. The molecule has 2 rings (SSSR count). The lowest BCUT2D eigenvalue weighted by Crippen LogP contribution is -1.76. The van der Waals surface area contributed by atoms with E-state index in [1.54, 1.807) is 6.07 Å². The van der Waals surface area contributed by atoms with E-state index in [2.05, 4.69) is 4.98 Å². The van der Waals surface area contributed by atoms with E-state index in [9.17, 15) is 4.39 Å². The van der Waals surface area contributed by atoms with Crippen LogP contribution in [0.1, 0.15) is 12.5 Å². The van der Waals surface area contributed by atoms with E-state index in [1.165, 1.54) is 6.07 Å². The minimum Gasteiger partial charge on any atom is -0.359 e. The van der Waals surface area contributed by atoms with Gasteiger partial charge in [-0.2, -0.15) is 0 Å². The first-order valence-electron chi connectivity index (χ1n) is 3.88. The third-order valence-electron chi connectivity index (χ3n) is 2.01. The molecule has 1 radical (unpaired) electrons. The van der Waals surface area contributed by atoms with E-state index in [1.807, 2.05) is 25.6 Å². The standard InChI is InChI=1S/C10H9FN/c1-2-7-6-12-10-8(7)4-3-5-9(10)11/h2-6,12H,1H3. The number of rotatable bonds is 1. The van der Waals surface area contributed by atoms with Gasteiger partial charge in [-0.25, -0.2) is 4.39 Å². The largest absolute Gasteiger partial charge is 0.359 e. The number of fused-ring (bicyclic) bond motifs is 1. The van der Waals surface area contributed by atoms with Crippen molar-refractivity contribution in [2.45, 2.75) is 6.92 Å². The van der Waals surface area contributed by atoms with Crippen LogP contribution in [0.25, 0.3) is 10.9 Å². The Morgan fingerprint density at radius 1 is 1.42 bits per heavy atom. The number of nitrogens with one attached hydrogen (secondary N) is 1. The molecule has 0 unspecified atom stereocenters. The maximum absolute atomic E-state index is 13.1. The van der Waals surface area contributed by atoms with Crippen LogP contribution in [-0.4, -0.2) is 4.98 Å². The Kier molecular flexibility index (Phi) is 1.61. The lowest BCUT2D eigenvalue weighted by atomic mass is 10.1. The van der Waals surface area contributed by atoms with E-state index >= 15 is 0 Å². The molecule has 1 aromatic heterocycles. The lowest BCUT2D eigenvalue weighted by molar-refractivity contribution is 0.637. The summed E-state index contributed by atoms with van der Waals surface area (Å²) in [6.07, 6.45) is 3.77. The van der Waals surface area contributed by atoms with E-state index in [4.69, 9.17) is 0 Å². The third kappa shape index (κ3) is 0.916. The molecule has 1 nitrogen and oxygen atoms in total. The van der Waals surface area contributed by atoms with Crippen LogP contribution in [0.5, 0.6) is 0 Å². The number of aromatic nitrogens is 1.